The van der Waals surface area contributed by atoms with Gasteiger partial charge in [-0.05, 0) is 25.1 Å². The summed E-state index contributed by atoms with van der Waals surface area (Å²) in [6, 6.07) is 10.4. The molecule has 0 unspecified atom stereocenters. The Hall–Kier alpha value is -2.50. The van der Waals surface area contributed by atoms with Crippen LogP contribution in [0.4, 0.5) is 0 Å². The van der Waals surface area contributed by atoms with Gasteiger partial charge in [-0.25, -0.2) is 4.79 Å². The molecule has 2 aromatic carbocycles. The molecule has 0 radical (unpaired) electrons. The molecule has 0 atom stereocenters. The van der Waals surface area contributed by atoms with Crippen LogP contribution in [0.15, 0.2) is 41.2 Å². The molecule has 1 aliphatic heterocycles. The molecule has 2 heterocycles. The Morgan fingerprint density at radius 3 is 2.81 bits per heavy atom. The van der Waals surface area contributed by atoms with Crippen LogP contribution in [0.1, 0.15) is 17.3 Å². The number of halogens is 2. The molecular weight excluding hydrogens is 389 g/mol. The summed E-state index contributed by atoms with van der Waals surface area (Å²) in [5, 5.41) is 1.50. The first-order valence-corrected chi connectivity index (χ1v) is 9.23. The fraction of sp³-hybridized carbons (Fsp3) is 0.200. The lowest BCUT2D eigenvalue weighted by Crippen LogP contribution is -2.32. The van der Waals surface area contributed by atoms with Crippen molar-refractivity contribution in [3.63, 3.8) is 0 Å². The third-order valence-electron chi connectivity index (χ3n) is 4.50. The minimum absolute atomic E-state index is 0.0346. The third kappa shape index (κ3) is 2.87. The van der Waals surface area contributed by atoms with Crippen LogP contribution in [0.3, 0.4) is 0 Å². The zero-order chi connectivity index (χ0) is 19.1. The van der Waals surface area contributed by atoms with Crippen molar-refractivity contribution in [1.82, 2.24) is 4.57 Å². The lowest BCUT2D eigenvalue weighted by molar-refractivity contribution is 0.0524. The third-order valence-corrected chi connectivity index (χ3v) is 5.05. The van der Waals surface area contributed by atoms with Gasteiger partial charge in [-0.1, -0.05) is 41.4 Å². The van der Waals surface area contributed by atoms with Crippen LogP contribution in [-0.4, -0.2) is 23.8 Å². The number of pyridine rings is 1. The predicted octanol–water partition coefficient (Wildman–Crippen LogP) is 4.54. The number of nitrogens with zero attached hydrogens (tertiary/aromatic N) is 1. The maximum atomic E-state index is 13.2. The monoisotopic (exact) mass is 403 g/mol. The molecule has 0 saturated carbocycles. The summed E-state index contributed by atoms with van der Waals surface area (Å²) >= 11 is 12.4. The fourth-order valence-electron chi connectivity index (χ4n) is 3.42. The van der Waals surface area contributed by atoms with E-state index < -0.39 is 11.5 Å². The number of carbonyl (C=O) groups excluding carboxylic acids is 1. The quantitative estimate of drug-likeness (QED) is 0.602. The molecule has 1 aromatic heterocycles. The van der Waals surface area contributed by atoms with Gasteiger partial charge in [-0.15, -0.1) is 0 Å². The van der Waals surface area contributed by atoms with E-state index in [2.05, 4.69) is 0 Å². The van der Waals surface area contributed by atoms with E-state index >= 15 is 0 Å². The highest BCUT2D eigenvalue weighted by atomic mass is 35.5. The van der Waals surface area contributed by atoms with Crippen LogP contribution >= 0.6 is 23.2 Å². The smallest absolute Gasteiger partial charge is 0.344 e. The number of ether oxygens (including phenoxy) is 2. The summed E-state index contributed by atoms with van der Waals surface area (Å²) in [6.07, 6.45) is 0. The second-order valence-corrected chi connectivity index (χ2v) is 6.90. The number of hydrogen-bond acceptors (Lipinski definition) is 4. The second-order valence-electron chi connectivity index (χ2n) is 6.05. The Labute approximate surface area is 165 Å². The van der Waals surface area contributed by atoms with Crippen LogP contribution in [0, 0.1) is 0 Å². The zero-order valence-corrected chi connectivity index (χ0v) is 15.9. The van der Waals surface area contributed by atoms with Gasteiger partial charge in [0.1, 0.15) is 17.9 Å². The highest BCUT2D eigenvalue weighted by Gasteiger charge is 2.28. The molecule has 0 bridgehead atoms. The van der Waals surface area contributed by atoms with Crippen LogP contribution in [0.5, 0.6) is 5.75 Å². The fourth-order valence-corrected chi connectivity index (χ4v) is 3.92. The molecule has 0 amide bonds. The van der Waals surface area contributed by atoms with Crippen molar-refractivity contribution < 1.29 is 14.3 Å². The molecule has 0 aliphatic carbocycles. The van der Waals surface area contributed by atoms with Crippen molar-refractivity contribution in [2.45, 2.75) is 13.5 Å². The van der Waals surface area contributed by atoms with Gasteiger partial charge >= 0.3 is 5.97 Å². The number of carbonyl (C=O) groups is 1. The maximum absolute atomic E-state index is 13.2. The van der Waals surface area contributed by atoms with Crippen molar-refractivity contribution in [1.29, 1.82) is 0 Å². The lowest BCUT2D eigenvalue weighted by Gasteiger charge is -2.23. The van der Waals surface area contributed by atoms with Crippen LogP contribution in [0.2, 0.25) is 10.0 Å². The first-order chi connectivity index (χ1) is 13.0. The molecule has 5 nitrogen and oxygen atoms in total. The average Bonchev–Trinajstić information content (AvgIpc) is 2.65. The van der Waals surface area contributed by atoms with Gasteiger partial charge < -0.3 is 14.0 Å². The van der Waals surface area contributed by atoms with Crippen LogP contribution in [-0.2, 0) is 11.3 Å². The van der Waals surface area contributed by atoms with E-state index in [0.29, 0.717) is 51.0 Å². The molecule has 4 rings (SSSR count). The molecule has 1 aliphatic rings. The average molecular weight is 404 g/mol. The Morgan fingerprint density at radius 1 is 1.26 bits per heavy atom. The Morgan fingerprint density at radius 2 is 2.07 bits per heavy atom. The molecule has 7 heteroatoms. The van der Waals surface area contributed by atoms with Crippen molar-refractivity contribution in [2.75, 3.05) is 13.2 Å². The van der Waals surface area contributed by atoms with Gasteiger partial charge in [-0.3, -0.25) is 4.79 Å². The normalized spacial score (nSPS) is 12.7. The summed E-state index contributed by atoms with van der Waals surface area (Å²) in [4.78, 5) is 25.9. The number of hydrogen-bond donors (Lipinski definition) is 0. The van der Waals surface area contributed by atoms with Crippen LogP contribution in [0.25, 0.3) is 22.0 Å². The minimum Gasteiger partial charge on any atom is -0.490 e. The number of para-hydroxylation sites is 1. The highest BCUT2D eigenvalue weighted by molar-refractivity contribution is 6.37. The maximum Gasteiger partial charge on any atom is 0.344 e. The Balaban J connectivity index is 2.19. The molecule has 0 saturated heterocycles. The summed E-state index contributed by atoms with van der Waals surface area (Å²) < 4.78 is 12.5. The van der Waals surface area contributed by atoms with Crippen molar-refractivity contribution in [3.05, 3.63) is 62.4 Å². The summed E-state index contributed by atoms with van der Waals surface area (Å²) in [5.74, 6) is -0.0799. The van der Waals surface area contributed by atoms with Crippen molar-refractivity contribution in [3.8, 4) is 16.9 Å². The van der Waals surface area contributed by atoms with E-state index in [1.807, 2.05) is 12.1 Å². The van der Waals surface area contributed by atoms with E-state index in [1.165, 1.54) is 0 Å². The first-order valence-electron chi connectivity index (χ1n) is 8.47. The van der Waals surface area contributed by atoms with E-state index in [4.69, 9.17) is 32.7 Å². The largest absolute Gasteiger partial charge is 0.490 e. The number of aromatic nitrogens is 1. The van der Waals surface area contributed by atoms with Gasteiger partial charge in [0.05, 0.1) is 18.7 Å². The summed E-state index contributed by atoms with van der Waals surface area (Å²) in [5.41, 5.74) is 1.16. The minimum atomic E-state index is -0.675. The molecule has 27 heavy (non-hydrogen) atoms. The first kappa shape index (κ1) is 17.9. The molecule has 3 aromatic rings. The number of esters is 1. The molecule has 0 N–H and O–H groups in total. The van der Waals surface area contributed by atoms with E-state index in [-0.39, 0.29) is 12.2 Å². The number of rotatable bonds is 3. The Bertz CT molecular complexity index is 1140. The van der Waals surface area contributed by atoms with E-state index in [0.717, 1.165) is 0 Å². The van der Waals surface area contributed by atoms with E-state index in [9.17, 15) is 9.59 Å². The highest BCUT2D eigenvalue weighted by Crippen LogP contribution is 2.39. The van der Waals surface area contributed by atoms with Gasteiger partial charge in [0.25, 0.3) is 5.56 Å². The van der Waals surface area contributed by atoms with Gasteiger partial charge in [0.2, 0.25) is 0 Å². The SMILES string of the molecule is CCOC(=O)c1c(-c2ccc(Cl)cc2Cl)c2cccc3c2n(c1=O)CCO3. The van der Waals surface area contributed by atoms with Crippen molar-refractivity contribution in [2.24, 2.45) is 0 Å². The lowest BCUT2D eigenvalue weighted by atomic mass is 9.95. The molecule has 0 spiro atoms. The predicted molar refractivity (Wildman–Crippen MR) is 105 cm³/mol. The second kappa shape index (κ2) is 6.91. The van der Waals surface area contributed by atoms with Gasteiger partial charge in [-0.2, -0.15) is 0 Å². The summed E-state index contributed by atoms with van der Waals surface area (Å²) in [6.45, 7) is 2.57. The van der Waals surface area contributed by atoms with Crippen LogP contribution < -0.4 is 10.3 Å². The molecule has 138 valence electrons. The van der Waals surface area contributed by atoms with Crippen molar-refractivity contribution >= 4 is 40.1 Å². The summed E-state index contributed by atoms with van der Waals surface area (Å²) in [7, 11) is 0. The van der Waals surface area contributed by atoms with Gasteiger partial charge in [0, 0.05) is 26.6 Å². The van der Waals surface area contributed by atoms with Gasteiger partial charge in [0.15, 0.2) is 0 Å². The molecular formula is C20H15Cl2NO4. The standard InChI is InChI=1S/C20H15Cl2NO4/c1-2-26-20(25)17-16(12-7-6-11(21)10-14(12)22)13-4-3-5-15-18(13)23(19(17)24)8-9-27-15/h3-7,10H,2,8-9H2,1H3. The Kier molecular flexibility index (Phi) is 4.58. The molecule has 0 fully saturated rings. The topological polar surface area (TPSA) is 57.5 Å². The van der Waals surface area contributed by atoms with E-state index in [1.54, 1.807) is 35.8 Å². The number of benzene rings is 2. The zero-order valence-electron chi connectivity index (χ0n) is 14.4.